The lowest BCUT2D eigenvalue weighted by Crippen LogP contribution is -2.54. The van der Waals surface area contributed by atoms with Crippen molar-refractivity contribution in [1.29, 1.82) is 0 Å². The van der Waals surface area contributed by atoms with E-state index in [0.717, 1.165) is 10.6 Å². The van der Waals surface area contributed by atoms with Crippen LogP contribution in [0.25, 0.3) is 0 Å². The number of rotatable bonds is 3. The summed E-state index contributed by atoms with van der Waals surface area (Å²) in [5.41, 5.74) is 7.36. The maximum absolute atomic E-state index is 12.9. The highest BCUT2D eigenvalue weighted by Crippen LogP contribution is 2.31. The number of nitrogens with zero attached hydrogens (tertiary/aromatic N) is 2. The molecule has 0 spiro atoms. The number of nitrogens with one attached hydrogen (secondary N) is 1. The lowest BCUT2D eigenvalue weighted by molar-refractivity contribution is -0.136. The van der Waals surface area contributed by atoms with Gasteiger partial charge in [-0.3, -0.25) is 29.4 Å². The van der Waals surface area contributed by atoms with Gasteiger partial charge in [-0.05, 0) is 24.6 Å². The number of hydrogen-bond acceptors (Lipinski definition) is 7. The maximum Gasteiger partial charge on any atom is 0.262 e. The third kappa shape index (κ3) is 2.79. The van der Waals surface area contributed by atoms with Gasteiger partial charge in [-0.25, -0.2) is 0 Å². The minimum atomic E-state index is -0.961. The smallest absolute Gasteiger partial charge is 0.262 e. The van der Waals surface area contributed by atoms with Gasteiger partial charge in [0.15, 0.2) is 0 Å². The number of imide groups is 2. The zero-order chi connectivity index (χ0) is 19.3. The number of methoxy groups -OCH3 is 1. The molecule has 9 heteroatoms. The molecule has 2 fully saturated rings. The van der Waals surface area contributed by atoms with Gasteiger partial charge in [0.25, 0.3) is 11.8 Å². The van der Waals surface area contributed by atoms with Gasteiger partial charge >= 0.3 is 0 Å². The Bertz CT molecular complexity index is 854. The van der Waals surface area contributed by atoms with Gasteiger partial charge in [0, 0.05) is 32.3 Å². The summed E-state index contributed by atoms with van der Waals surface area (Å²) in [5.74, 6) is -2.04. The maximum atomic E-state index is 12.9. The van der Waals surface area contributed by atoms with Gasteiger partial charge < -0.3 is 15.4 Å². The monoisotopic (exact) mass is 372 g/mol. The molecule has 3 heterocycles. The van der Waals surface area contributed by atoms with E-state index in [9.17, 15) is 19.2 Å². The molecule has 3 aliphatic heterocycles. The molecule has 27 heavy (non-hydrogen) atoms. The third-order valence-electron chi connectivity index (χ3n) is 5.40. The third-order valence-corrected chi connectivity index (χ3v) is 5.40. The van der Waals surface area contributed by atoms with Crippen LogP contribution in [0.15, 0.2) is 18.2 Å². The lowest BCUT2D eigenvalue weighted by Gasteiger charge is -2.27. The highest BCUT2D eigenvalue weighted by atomic mass is 16.5. The van der Waals surface area contributed by atoms with E-state index in [2.05, 4.69) is 5.32 Å². The number of amides is 4. The van der Waals surface area contributed by atoms with Crippen LogP contribution in [0.3, 0.4) is 0 Å². The quantitative estimate of drug-likeness (QED) is 0.670. The van der Waals surface area contributed by atoms with E-state index in [-0.39, 0.29) is 36.1 Å². The number of ether oxygens (including phenoxy) is 1. The highest BCUT2D eigenvalue weighted by molar-refractivity contribution is 6.23. The van der Waals surface area contributed by atoms with Crippen LogP contribution in [0.1, 0.15) is 33.6 Å². The molecule has 0 radical (unpaired) electrons. The fourth-order valence-electron chi connectivity index (χ4n) is 3.92. The first-order valence-corrected chi connectivity index (χ1v) is 8.79. The van der Waals surface area contributed by atoms with E-state index >= 15 is 0 Å². The van der Waals surface area contributed by atoms with Gasteiger partial charge in [-0.15, -0.1) is 0 Å². The average molecular weight is 372 g/mol. The molecule has 0 aliphatic carbocycles. The van der Waals surface area contributed by atoms with Gasteiger partial charge in [0.2, 0.25) is 11.8 Å². The number of benzene rings is 1. The fourth-order valence-corrected chi connectivity index (χ4v) is 3.92. The van der Waals surface area contributed by atoms with Crippen LogP contribution in [0, 0.1) is 0 Å². The van der Waals surface area contributed by atoms with E-state index in [1.807, 2.05) is 4.90 Å². The summed E-state index contributed by atoms with van der Waals surface area (Å²) >= 11 is 0. The van der Waals surface area contributed by atoms with E-state index in [1.165, 1.54) is 0 Å². The minimum absolute atomic E-state index is 0.0964. The summed E-state index contributed by atoms with van der Waals surface area (Å²) in [4.78, 5) is 52.0. The van der Waals surface area contributed by atoms with E-state index < -0.39 is 29.7 Å². The molecule has 3 aliphatic rings. The average Bonchev–Trinajstić information content (AvgIpc) is 3.14. The number of fused-ring (bicyclic) bond motifs is 1. The largest absolute Gasteiger partial charge is 0.378 e. The van der Waals surface area contributed by atoms with Gasteiger partial charge in [-0.1, -0.05) is 0 Å². The van der Waals surface area contributed by atoms with Crippen LogP contribution < -0.4 is 16.0 Å². The molecule has 1 aromatic carbocycles. The molecule has 9 nitrogen and oxygen atoms in total. The molecule has 1 aromatic rings. The van der Waals surface area contributed by atoms with Crippen LogP contribution in [0.4, 0.5) is 5.69 Å². The van der Waals surface area contributed by atoms with E-state index in [0.29, 0.717) is 13.1 Å². The van der Waals surface area contributed by atoms with Crippen LogP contribution in [-0.4, -0.2) is 66.9 Å². The second-order valence-electron chi connectivity index (χ2n) is 7.02. The lowest BCUT2D eigenvalue weighted by atomic mass is 10.0. The van der Waals surface area contributed by atoms with E-state index in [1.54, 1.807) is 25.3 Å². The summed E-state index contributed by atoms with van der Waals surface area (Å²) < 4.78 is 5.35. The Kier molecular flexibility index (Phi) is 4.20. The van der Waals surface area contributed by atoms with Crippen molar-refractivity contribution >= 4 is 29.3 Å². The minimum Gasteiger partial charge on any atom is -0.378 e. The first-order valence-electron chi connectivity index (χ1n) is 8.79. The van der Waals surface area contributed by atoms with E-state index in [4.69, 9.17) is 10.5 Å². The number of piperidine rings is 1. The first-order chi connectivity index (χ1) is 12.9. The molecule has 142 valence electrons. The van der Waals surface area contributed by atoms with Crippen molar-refractivity contribution in [2.75, 3.05) is 25.1 Å². The molecule has 4 amide bonds. The standard InChI is InChI=1S/C18H20N4O5/c1-27-14-8-21(7-12(14)19)9-2-3-10-11(6-9)18(26)22(17(10)25)13-4-5-15(23)20-16(13)24/h2-3,6,12-14H,4-5,7-8,19H2,1H3,(H,20,23,24)/t12-,13?,14-/m1/s1. The predicted octanol–water partition coefficient (Wildman–Crippen LogP) is -0.750. The van der Waals surface area contributed by atoms with Gasteiger partial charge in [-0.2, -0.15) is 0 Å². The highest BCUT2D eigenvalue weighted by Gasteiger charge is 2.45. The van der Waals surface area contributed by atoms with Gasteiger partial charge in [0.1, 0.15) is 6.04 Å². The predicted molar refractivity (Wildman–Crippen MR) is 94.1 cm³/mol. The summed E-state index contributed by atoms with van der Waals surface area (Å²) in [6.45, 7) is 1.17. The van der Waals surface area contributed by atoms with Crippen molar-refractivity contribution in [3.63, 3.8) is 0 Å². The zero-order valence-electron chi connectivity index (χ0n) is 14.8. The molecule has 0 saturated carbocycles. The van der Waals surface area contributed by atoms with Crippen molar-refractivity contribution in [2.45, 2.75) is 31.0 Å². The van der Waals surface area contributed by atoms with Crippen LogP contribution in [0.2, 0.25) is 0 Å². The fraction of sp³-hybridized carbons (Fsp3) is 0.444. The molecule has 2 saturated heterocycles. The molecule has 0 bridgehead atoms. The number of carbonyl (C=O) groups excluding carboxylic acids is 4. The molecule has 3 N–H and O–H groups in total. The normalized spacial score (nSPS) is 28.0. The Morgan fingerprint density at radius 3 is 2.52 bits per heavy atom. The Morgan fingerprint density at radius 2 is 1.85 bits per heavy atom. The van der Waals surface area contributed by atoms with Crippen LogP contribution in [-0.2, 0) is 14.3 Å². The van der Waals surface area contributed by atoms with Crippen LogP contribution >= 0.6 is 0 Å². The first kappa shape index (κ1) is 17.6. The summed E-state index contributed by atoms with van der Waals surface area (Å²) in [7, 11) is 1.61. The second kappa shape index (κ2) is 6.43. The van der Waals surface area contributed by atoms with Crippen molar-refractivity contribution < 1.29 is 23.9 Å². The Hall–Kier alpha value is -2.78. The van der Waals surface area contributed by atoms with Crippen molar-refractivity contribution in [3.05, 3.63) is 29.3 Å². The summed E-state index contributed by atoms with van der Waals surface area (Å²) in [6, 6.07) is 3.93. The number of anilines is 1. The SMILES string of the molecule is CO[C@@H]1CN(c2ccc3c(c2)C(=O)N(C2CCC(=O)NC2=O)C3=O)C[C@H]1N. The molecular formula is C18H20N4O5. The molecular weight excluding hydrogens is 352 g/mol. The van der Waals surface area contributed by atoms with Gasteiger partial charge in [0.05, 0.1) is 23.3 Å². The molecule has 4 rings (SSSR count). The Labute approximate surface area is 155 Å². The number of hydrogen-bond donors (Lipinski definition) is 2. The van der Waals surface area contributed by atoms with Crippen molar-refractivity contribution in [2.24, 2.45) is 5.73 Å². The molecule has 3 atom stereocenters. The summed E-state index contributed by atoms with van der Waals surface area (Å²) in [6.07, 6.45) is 0.133. The van der Waals surface area contributed by atoms with Crippen LogP contribution in [0.5, 0.6) is 0 Å². The number of carbonyl (C=O) groups is 4. The molecule has 0 aromatic heterocycles. The Balaban J connectivity index is 1.61. The van der Waals surface area contributed by atoms with Crippen molar-refractivity contribution in [1.82, 2.24) is 10.2 Å². The molecule has 1 unspecified atom stereocenters. The Morgan fingerprint density at radius 1 is 1.11 bits per heavy atom. The number of nitrogens with two attached hydrogens (primary N) is 1. The topological polar surface area (TPSA) is 122 Å². The second-order valence-corrected chi connectivity index (χ2v) is 7.02. The van der Waals surface area contributed by atoms with Crippen molar-refractivity contribution in [3.8, 4) is 0 Å². The zero-order valence-corrected chi connectivity index (χ0v) is 14.8. The summed E-state index contributed by atoms with van der Waals surface area (Å²) in [5, 5.41) is 2.19.